The van der Waals surface area contributed by atoms with Gasteiger partial charge in [0.2, 0.25) is 0 Å². The van der Waals surface area contributed by atoms with Gasteiger partial charge < -0.3 is 9.64 Å². The van der Waals surface area contributed by atoms with Crippen molar-refractivity contribution in [2.75, 3.05) is 24.6 Å². The Morgan fingerprint density at radius 1 is 1.18 bits per heavy atom. The Bertz CT molecular complexity index is 1630. The Labute approximate surface area is 235 Å². The van der Waals surface area contributed by atoms with Crippen molar-refractivity contribution in [3.63, 3.8) is 0 Å². The SMILES string of the molecule is C[C@H]1CC2(CCN(c3cnc(Sc4ccc5ncn(Cc6cccc(C#N)c6)c(=O)c5c4Cl)cn3)CC2)CO1. The highest BCUT2D eigenvalue weighted by Crippen LogP contribution is 2.42. The molecular formula is C29H27ClN6O2S. The number of hydrogen-bond donors (Lipinski definition) is 0. The summed E-state index contributed by atoms with van der Waals surface area (Å²) in [5, 5.41) is 10.6. The number of aromatic nitrogens is 4. The van der Waals surface area contributed by atoms with Crippen LogP contribution in [0.25, 0.3) is 10.9 Å². The fourth-order valence-electron chi connectivity index (χ4n) is 5.56. The first-order valence-electron chi connectivity index (χ1n) is 13.0. The summed E-state index contributed by atoms with van der Waals surface area (Å²) in [4.78, 5) is 30.1. The monoisotopic (exact) mass is 558 g/mol. The van der Waals surface area contributed by atoms with E-state index in [9.17, 15) is 10.1 Å². The van der Waals surface area contributed by atoms with Gasteiger partial charge in [-0.05, 0) is 61.4 Å². The van der Waals surface area contributed by atoms with Crippen molar-refractivity contribution in [2.45, 2.75) is 48.8 Å². The summed E-state index contributed by atoms with van der Waals surface area (Å²) in [6.07, 6.45) is 8.80. The zero-order valence-electron chi connectivity index (χ0n) is 21.5. The van der Waals surface area contributed by atoms with Crippen molar-refractivity contribution >= 4 is 40.1 Å². The van der Waals surface area contributed by atoms with Crippen LogP contribution in [0.3, 0.4) is 0 Å². The molecule has 0 saturated carbocycles. The summed E-state index contributed by atoms with van der Waals surface area (Å²) in [5.41, 5.74) is 1.99. The molecule has 6 rings (SSSR count). The van der Waals surface area contributed by atoms with E-state index in [0.29, 0.717) is 49.5 Å². The van der Waals surface area contributed by atoms with Crippen LogP contribution in [0, 0.1) is 16.7 Å². The molecule has 0 amide bonds. The molecule has 4 aromatic rings. The van der Waals surface area contributed by atoms with Gasteiger partial charge in [0.15, 0.2) is 0 Å². The number of piperidine rings is 1. The molecule has 2 aliphatic rings. The van der Waals surface area contributed by atoms with E-state index in [4.69, 9.17) is 16.3 Å². The number of nitriles is 1. The molecule has 0 radical (unpaired) electrons. The quantitative estimate of drug-likeness (QED) is 0.325. The normalized spacial score (nSPS) is 18.5. The van der Waals surface area contributed by atoms with E-state index in [-0.39, 0.29) is 5.56 Å². The first kappa shape index (κ1) is 25.8. The highest BCUT2D eigenvalue weighted by Gasteiger charge is 2.41. The number of anilines is 1. The van der Waals surface area contributed by atoms with E-state index in [1.54, 1.807) is 30.5 Å². The van der Waals surface area contributed by atoms with Crippen LogP contribution in [-0.4, -0.2) is 45.3 Å². The molecule has 8 nitrogen and oxygen atoms in total. The average Bonchev–Trinajstić information content (AvgIpc) is 3.32. The molecule has 2 aromatic carbocycles. The molecule has 2 aromatic heterocycles. The van der Waals surface area contributed by atoms with E-state index in [0.717, 1.165) is 50.3 Å². The summed E-state index contributed by atoms with van der Waals surface area (Å²) < 4.78 is 7.36. The van der Waals surface area contributed by atoms with Gasteiger partial charge in [0.1, 0.15) is 10.8 Å². The Balaban J connectivity index is 1.19. The van der Waals surface area contributed by atoms with E-state index in [1.807, 2.05) is 18.3 Å². The van der Waals surface area contributed by atoms with Crippen LogP contribution in [-0.2, 0) is 11.3 Å². The van der Waals surface area contributed by atoms with E-state index in [1.165, 1.54) is 22.7 Å². The molecular weight excluding hydrogens is 532 g/mol. The van der Waals surface area contributed by atoms with Gasteiger partial charge in [-0.25, -0.2) is 15.0 Å². The first-order valence-corrected chi connectivity index (χ1v) is 14.2. The van der Waals surface area contributed by atoms with Gasteiger partial charge in [-0.1, -0.05) is 35.5 Å². The molecule has 0 aliphatic carbocycles. The van der Waals surface area contributed by atoms with E-state index >= 15 is 0 Å². The molecule has 10 heteroatoms. The van der Waals surface area contributed by atoms with Crippen LogP contribution in [0.5, 0.6) is 0 Å². The molecule has 39 heavy (non-hydrogen) atoms. The predicted octanol–water partition coefficient (Wildman–Crippen LogP) is 5.31. The highest BCUT2D eigenvalue weighted by molar-refractivity contribution is 7.99. The standard InChI is InChI=1S/C29H27ClN6O2S/c1-19-12-29(17-38-19)7-9-35(10-8-29)24-14-33-25(15-32-24)39-23-6-5-22-26(27(23)30)28(37)36(18-34-22)16-21-4-2-3-20(11-21)13-31/h2-6,11,14-15,18-19H,7-10,12,16-17H2,1H3/t19-/m0/s1. The van der Waals surface area contributed by atoms with Crippen LogP contribution in [0.2, 0.25) is 5.02 Å². The predicted molar refractivity (Wildman–Crippen MR) is 151 cm³/mol. The lowest BCUT2D eigenvalue weighted by Gasteiger charge is -2.38. The summed E-state index contributed by atoms with van der Waals surface area (Å²) in [6, 6.07) is 12.9. The maximum Gasteiger partial charge on any atom is 0.263 e. The molecule has 2 aliphatic heterocycles. The molecule has 4 heterocycles. The smallest absolute Gasteiger partial charge is 0.263 e. The number of hydrogen-bond acceptors (Lipinski definition) is 8. The average molecular weight is 559 g/mol. The maximum absolute atomic E-state index is 13.4. The molecule has 2 saturated heterocycles. The fraction of sp³-hybridized carbons (Fsp3) is 0.345. The van der Waals surface area contributed by atoms with Crippen molar-refractivity contribution in [1.29, 1.82) is 5.26 Å². The molecule has 0 bridgehead atoms. The van der Waals surface area contributed by atoms with Crippen molar-refractivity contribution in [1.82, 2.24) is 19.5 Å². The van der Waals surface area contributed by atoms with Crippen LogP contribution in [0.4, 0.5) is 5.82 Å². The largest absolute Gasteiger partial charge is 0.378 e. The number of ether oxygens (including phenoxy) is 1. The van der Waals surface area contributed by atoms with Crippen molar-refractivity contribution in [2.24, 2.45) is 5.41 Å². The van der Waals surface area contributed by atoms with Crippen LogP contribution < -0.4 is 10.5 Å². The first-order chi connectivity index (χ1) is 18.9. The topological polar surface area (TPSA) is 96.9 Å². The van der Waals surface area contributed by atoms with Crippen molar-refractivity contribution in [3.8, 4) is 6.07 Å². The summed E-state index contributed by atoms with van der Waals surface area (Å²) in [7, 11) is 0. The third-order valence-corrected chi connectivity index (χ3v) is 9.16. The van der Waals surface area contributed by atoms with Gasteiger partial charge in [0.25, 0.3) is 5.56 Å². The summed E-state index contributed by atoms with van der Waals surface area (Å²) in [6.45, 7) is 5.22. The second-order valence-electron chi connectivity index (χ2n) is 10.4. The molecule has 198 valence electrons. The lowest BCUT2D eigenvalue weighted by molar-refractivity contribution is 0.0976. The van der Waals surface area contributed by atoms with E-state index in [2.05, 4.69) is 32.8 Å². The van der Waals surface area contributed by atoms with Crippen LogP contribution in [0.15, 0.2) is 69.8 Å². The fourth-order valence-corrected chi connectivity index (χ4v) is 6.68. The Morgan fingerprint density at radius 2 is 2.03 bits per heavy atom. The highest BCUT2D eigenvalue weighted by atomic mass is 35.5. The number of halogens is 1. The van der Waals surface area contributed by atoms with Crippen molar-refractivity contribution in [3.05, 3.63) is 81.6 Å². The van der Waals surface area contributed by atoms with Crippen LogP contribution >= 0.6 is 23.4 Å². The van der Waals surface area contributed by atoms with Gasteiger partial charge in [0.05, 0.1) is 65.5 Å². The van der Waals surface area contributed by atoms with Gasteiger partial charge in [-0.2, -0.15) is 5.26 Å². The second kappa shape index (κ2) is 10.6. The lowest BCUT2D eigenvalue weighted by atomic mass is 9.77. The van der Waals surface area contributed by atoms with Crippen molar-refractivity contribution < 1.29 is 4.74 Å². The molecule has 1 atom stereocenters. The Morgan fingerprint density at radius 3 is 2.74 bits per heavy atom. The number of fused-ring (bicyclic) bond motifs is 1. The Kier molecular flexibility index (Phi) is 7.02. The third kappa shape index (κ3) is 5.24. The van der Waals surface area contributed by atoms with Gasteiger partial charge >= 0.3 is 0 Å². The third-order valence-electron chi connectivity index (χ3n) is 7.68. The number of benzene rings is 2. The summed E-state index contributed by atoms with van der Waals surface area (Å²) in [5.74, 6) is 0.873. The minimum absolute atomic E-state index is 0.235. The van der Waals surface area contributed by atoms with Gasteiger partial charge in [0, 0.05) is 18.0 Å². The summed E-state index contributed by atoms with van der Waals surface area (Å²) >= 11 is 8.13. The maximum atomic E-state index is 13.4. The lowest BCUT2D eigenvalue weighted by Crippen LogP contribution is -2.41. The van der Waals surface area contributed by atoms with E-state index < -0.39 is 0 Å². The molecule has 0 unspecified atom stereocenters. The molecule has 2 fully saturated rings. The number of nitrogens with zero attached hydrogens (tertiary/aromatic N) is 6. The minimum atomic E-state index is -0.235. The van der Waals surface area contributed by atoms with Crippen LogP contribution in [0.1, 0.15) is 37.3 Å². The number of rotatable bonds is 5. The second-order valence-corrected chi connectivity index (χ2v) is 11.8. The van der Waals surface area contributed by atoms with Gasteiger partial charge in [-0.15, -0.1) is 0 Å². The molecule has 1 spiro atoms. The zero-order chi connectivity index (χ0) is 27.0. The minimum Gasteiger partial charge on any atom is -0.378 e. The van der Waals surface area contributed by atoms with Gasteiger partial charge in [-0.3, -0.25) is 9.36 Å². The molecule has 0 N–H and O–H groups in total. The Hall–Kier alpha value is -3.45. The zero-order valence-corrected chi connectivity index (χ0v) is 23.1.